The molecule has 1 aliphatic rings. The fourth-order valence-electron chi connectivity index (χ4n) is 3.64. The van der Waals surface area contributed by atoms with Crippen LogP contribution in [0.1, 0.15) is 30.0 Å². The number of rotatable bonds is 2. The molecule has 1 aromatic carbocycles. The molecule has 0 radical (unpaired) electrons. The maximum atomic E-state index is 12.1. The lowest BCUT2D eigenvalue weighted by atomic mass is 9.94. The van der Waals surface area contributed by atoms with E-state index in [2.05, 4.69) is 15.1 Å². The number of benzene rings is 1. The predicted octanol–water partition coefficient (Wildman–Crippen LogP) is 3.27. The number of aliphatic hydroxyl groups is 1. The van der Waals surface area contributed by atoms with E-state index in [4.69, 9.17) is 27.7 Å². The standard InChI is InChI=1S/C17H16Cl2N4O3/c1-7-13-11(3-4-23(7)12(25)6-24)21-16-14(13)9(5-10(18)15(16)19)17-20-8(2)22-26-17/h5,7,21,24H,3-4,6H2,1-2H3/t7-/m0/s1. The van der Waals surface area contributed by atoms with Gasteiger partial charge in [-0.15, -0.1) is 0 Å². The Morgan fingerprint density at radius 2 is 2.27 bits per heavy atom. The predicted molar refractivity (Wildman–Crippen MR) is 97.3 cm³/mol. The Balaban J connectivity index is 2.01. The smallest absolute Gasteiger partial charge is 0.258 e. The fraction of sp³-hybridized carbons (Fsp3) is 0.353. The van der Waals surface area contributed by atoms with Crippen molar-refractivity contribution in [2.45, 2.75) is 26.3 Å². The van der Waals surface area contributed by atoms with Crippen LogP contribution in [0.15, 0.2) is 10.6 Å². The number of nitrogens with one attached hydrogen (secondary N) is 1. The van der Waals surface area contributed by atoms with Gasteiger partial charge in [-0.25, -0.2) is 0 Å². The number of hydrogen-bond acceptors (Lipinski definition) is 5. The van der Waals surface area contributed by atoms with Crippen LogP contribution in [0.25, 0.3) is 22.4 Å². The third-order valence-corrected chi connectivity index (χ3v) is 5.58. The summed E-state index contributed by atoms with van der Waals surface area (Å²) < 4.78 is 5.35. The fourth-order valence-corrected chi connectivity index (χ4v) is 4.04. The second kappa shape index (κ2) is 6.26. The molecule has 3 heterocycles. The van der Waals surface area contributed by atoms with Crippen LogP contribution in [0.2, 0.25) is 10.0 Å². The van der Waals surface area contributed by atoms with E-state index in [-0.39, 0.29) is 11.9 Å². The number of carbonyl (C=O) groups is 1. The molecule has 2 N–H and O–H groups in total. The van der Waals surface area contributed by atoms with E-state index in [0.29, 0.717) is 45.8 Å². The first kappa shape index (κ1) is 17.3. The normalized spacial score (nSPS) is 17.0. The molecule has 1 atom stereocenters. The van der Waals surface area contributed by atoms with Crippen molar-refractivity contribution in [1.29, 1.82) is 0 Å². The molecule has 4 rings (SSSR count). The van der Waals surface area contributed by atoms with Crippen molar-refractivity contribution in [3.8, 4) is 11.5 Å². The molecular weight excluding hydrogens is 379 g/mol. The average Bonchev–Trinajstić information content (AvgIpc) is 3.22. The number of hydrogen-bond donors (Lipinski definition) is 2. The number of amides is 1. The minimum absolute atomic E-state index is 0.243. The quantitative estimate of drug-likeness (QED) is 0.695. The third-order valence-electron chi connectivity index (χ3n) is 4.79. The Morgan fingerprint density at radius 1 is 1.50 bits per heavy atom. The van der Waals surface area contributed by atoms with E-state index in [9.17, 15) is 9.90 Å². The first-order valence-electron chi connectivity index (χ1n) is 8.15. The van der Waals surface area contributed by atoms with E-state index >= 15 is 0 Å². The van der Waals surface area contributed by atoms with E-state index in [0.717, 1.165) is 16.6 Å². The highest BCUT2D eigenvalue weighted by Gasteiger charge is 2.33. The number of nitrogens with zero attached hydrogens (tertiary/aromatic N) is 3. The van der Waals surface area contributed by atoms with Crippen LogP contribution in [0.5, 0.6) is 0 Å². The van der Waals surface area contributed by atoms with Gasteiger partial charge < -0.3 is 19.5 Å². The van der Waals surface area contributed by atoms with Crippen LogP contribution in [0, 0.1) is 6.92 Å². The Hall–Kier alpha value is -2.09. The Labute approximate surface area is 158 Å². The highest BCUT2D eigenvalue weighted by Crippen LogP contribution is 2.44. The molecular formula is C17H16Cl2N4O3. The van der Waals surface area contributed by atoms with E-state index < -0.39 is 6.61 Å². The molecule has 0 saturated heterocycles. The number of aromatic amines is 1. The number of aromatic nitrogens is 3. The van der Waals surface area contributed by atoms with Crippen molar-refractivity contribution >= 4 is 40.0 Å². The highest BCUT2D eigenvalue weighted by atomic mass is 35.5. The Morgan fingerprint density at radius 3 is 2.92 bits per heavy atom. The van der Waals surface area contributed by atoms with Crippen LogP contribution in [0.4, 0.5) is 0 Å². The average molecular weight is 395 g/mol. The van der Waals surface area contributed by atoms with E-state index in [1.165, 1.54) is 0 Å². The zero-order chi connectivity index (χ0) is 18.6. The minimum atomic E-state index is -0.523. The monoisotopic (exact) mass is 394 g/mol. The van der Waals surface area contributed by atoms with Gasteiger partial charge in [-0.3, -0.25) is 4.79 Å². The van der Waals surface area contributed by atoms with E-state index in [1.54, 1.807) is 17.9 Å². The van der Waals surface area contributed by atoms with Gasteiger partial charge in [0.15, 0.2) is 5.82 Å². The lowest BCUT2D eigenvalue weighted by molar-refractivity contribution is -0.136. The largest absolute Gasteiger partial charge is 0.387 e. The lowest BCUT2D eigenvalue weighted by Gasteiger charge is -2.33. The topological polar surface area (TPSA) is 95.2 Å². The second-order valence-electron chi connectivity index (χ2n) is 6.31. The number of halogens is 2. The van der Waals surface area contributed by atoms with Gasteiger partial charge in [-0.1, -0.05) is 28.4 Å². The number of fused-ring (bicyclic) bond motifs is 3. The summed E-state index contributed by atoms with van der Waals surface area (Å²) >= 11 is 12.7. The van der Waals surface area contributed by atoms with Gasteiger partial charge in [0.1, 0.15) is 6.61 Å². The molecule has 0 saturated carbocycles. The summed E-state index contributed by atoms with van der Waals surface area (Å²) in [7, 11) is 0. The van der Waals surface area contributed by atoms with Crippen molar-refractivity contribution in [3.05, 3.63) is 33.2 Å². The molecule has 1 aliphatic heterocycles. The van der Waals surface area contributed by atoms with Gasteiger partial charge in [0.05, 0.1) is 27.2 Å². The van der Waals surface area contributed by atoms with Crippen LogP contribution >= 0.6 is 23.2 Å². The number of aliphatic hydroxyl groups excluding tert-OH is 1. The molecule has 0 bridgehead atoms. The van der Waals surface area contributed by atoms with Crippen molar-refractivity contribution < 1.29 is 14.4 Å². The lowest BCUT2D eigenvalue weighted by Crippen LogP contribution is -2.40. The van der Waals surface area contributed by atoms with Crippen LogP contribution in [-0.2, 0) is 11.2 Å². The summed E-state index contributed by atoms with van der Waals surface area (Å²) in [6, 6.07) is 1.46. The minimum Gasteiger partial charge on any atom is -0.387 e. The number of H-pyrrole nitrogens is 1. The molecule has 1 amide bonds. The first-order chi connectivity index (χ1) is 12.4. The van der Waals surface area contributed by atoms with Gasteiger partial charge in [-0.05, 0) is 19.9 Å². The SMILES string of the molecule is Cc1noc(-c2cc(Cl)c(Cl)c3[nH]c4c(c23)[C@H](C)N(C(=O)CO)CC4)n1. The number of carbonyl (C=O) groups excluding carboxylic acids is 1. The Bertz CT molecular complexity index is 1030. The molecule has 2 aromatic heterocycles. The molecule has 9 heteroatoms. The first-order valence-corrected chi connectivity index (χ1v) is 8.91. The second-order valence-corrected chi connectivity index (χ2v) is 7.09. The van der Waals surface area contributed by atoms with Crippen molar-refractivity contribution in [2.75, 3.05) is 13.2 Å². The van der Waals surface area contributed by atoms with Gasteiger partial charge in [0, 0.05) is 29.6 Å². The van der Waals surface area contributed by atoms with Gasteiger partial charge >= 0.3 is 0 Å². The van der Waals surface area contributed by atoms with Crippen LogP contribution < -0.4 is 0 Å². The molecule has 0 aliphatic carbocycles. The van der Waals surface area contributed by atoms with Gasteiger partial charge in [-0.2, -0.15) is 4.98 Å². The maximum Gasteiger partial charge on any atom is 0.258 e. The summed E-state index contributed by atoms with van der Waals surface area (Å²) in [5.74, 6) is 0.534. The summed E-state index contributed by atoms with van der Waals surface area (Å²) in [6.07, 6.45) is 0.621. The molecule has 3 aromatic rings. The zero-order valence-corrected chi connectivity index (χ0v) is 15.6. The summed E-state index contributed by atoms with van der Waals surface area (Å²) in [5.41, 5.74) is 3.26. The molecule has 0 fully saturated rings. The van der Waals surface area contributed by atoms with Crippen molar-refractivity contribution in [2.24, 2.45) is 0 Å². The summed E-state index contributed by atoms with van der Waals surface area (Å²) in [5, 5.41) is 14.7. The van der Waals surface area contributed by atoms with Gasteiger partial charge in [0.2, 0.25) is 5.91 Å². The summed E-state index contributed by atoms with van der Waals surface area (Å²) in [4.78, 5) is 21.4. The Kier molecular flexibility index (Phi) is 4.17. The van der Waals surface area contributed by atoms with Crippen molar-refractivity contribution in [3.63, 3.8) is 0 Å². The van der Waals surface area contributed by atoms with Crippen LogP contribution in [-0.4, -0.2) is 44.2 Å². The molecule has 0 spiro atoms. The number of aryl methyl sites for hydroxylation is 1. The van der Waals surface area contributed by atoms with Crippen LogP contribution in [0.3, 0.4) is 0 Å². The van der Waals surface area contributed by atoms with Gasteiger partial charge in [0.25, 0.3) is 5.89 Å². The maximum absolute atomic E-state index is 12.1. The van der Waals surface area contributed by atoms with Crippen molar-refractivity contribution in [1.82, 2.24) is 20.0 Å². The molecule has 136 valence electrons. The highest BCUT2D eigenvalue weighted by molar-refractivity contribution is 6.45. The molecule has 7 nitrogen and oxygen atoms in total. The summed E-state index contributed by atoms with van der Waals surface area (Å²) in [6.45, 7) is 3.65. The molecule has 26 heavy (non-hydrogen) atoms. The van der Waals surface area contributed by atoms with E-state index in [1.807, 2.05) is 6.92 Å². The molecule has 0 unspecified atom stereocenters. The third kappa shape index (κ3) is 2.50. The zero-order valence-electron chi connectivity index (χ0n) is 14.1.